The largest absolute Gasteiger partial charge is 0.439 e. The summed E-state index contributed by atoms with van der Waals surface area (Å²) in [6, 6.07) is 21.6. The molecule has 0 aromatic heterocycles. The van der Waals surface area contributed by atoms with Crippen LogP contribution in [0.25, 0.3) is 11.1 Å². The minimum atomic E-state index is -0.404. The summed E-state index contributed by atoms with van der Waals surface area (Å²) in [6.07, 6.45) is -0.786. The highest BCUT2D eigenvalue weighted by atomic mass is 19.1. The van der Waals surface area contributed by atoms with Gasteiger partial charge >= 0.3 is 6.09 Å². The molecule has 0 aliphatic carbocycles. The van der Waals surface area contributed by atoms with Crippen molar-refractivity contribution < 1.29 is 18.7 Å². The zero-order valence-electron chi connectivity index (χ0n) is 20.3. The molecule has 182 valence electrons. The highest BCUT2D eigenvalue weighted by Gasteiger charge is 2.32. The summed E-state index contributed by atoms with van der Waals surface area (Å²) < 4.78 is 18.7. The maximum absolute atomic E-state index is 13.2. The van der Waals surface area contributed by atoms with E-state index in [0.29, 0.717) is 25.2 Å². The predicted octanol–water partition coefficient (Wildman–Crippen LogP) is 4.82. The molecule has 1 aliphatic rings. The van der Waals surface area contributed by atoms with Gasteiger partial charge in [-0.15, -0.1) is 0 Å². The highest BCUT2D eigenvalue weighted by molar-refractivity contribution is 5.95. The van der Waals surface area contributed by atoms with Crippen molar-refractivity contribution in [2.24, 2.45) is 0 Å². The first-order chi connectivity index (χ1) is 16.8. The lowest BCUT2D eigenvalue weighted by atomic mass is 10.0. The third-order valence-electron chi connectivity index (χ3n) is 6.13. The van der Waals surface area contributed by atoms with Crippen LogP contribution in [-0.4, -0.2) is 67.5 Å². The topological polar surface area (TPSA) is 53.1 Å². The fourth-order valence-corrected chi connectivity index (χ4v) is 4.01. The predicted molar refractivity (Wildman–Crippen MR) is 133 cm³/mol. The van der Waals surface area contributed by atoms with Crippen LogP contribution >= 0.6 is 0 Å². The van der Waals surface area contributed by atoms with Crippen molar-refractivity contribution in [3.8, 4) is 11.1 Å². The lowest BCUT2D eigenvalue weighted by Gasteiger charge is -2.20. The number of cyclic esters (lactones) is 1. The number of hydrogen-bond acceptors (Lipinski definition) is 4. The van der Waals surface area contributed by atoms with E-state index in [9.17, 15) is 14.0 Å². The molecule has 1 heterocycles. The third kappa shape index (κ3) is 6.05. The zero-order valence-corrected chi connectivity index (χ0v) is 20.3. The number of carbonyl (C=O) groups excluding carboxylic acids is 2. The van der Waals surface area contributed by atoms with E-state index < -0.39 is 6.10 Å². The first-order valence-electron chi connectivity index (χ1n) is 11.6. The van der Waals surface area contributed by atoms with Gasteiger partial charge in [0.15, 0.2) is 0 Å². The van der Waals surface area contributed by atoms with Gasteiger partial charge in [-0.05, 0) is 60.6 Å². The third-order valence-corrected chi connectivity index (χ3v) is 6.13. The summed E-state index contributed by atoms with van der Waals surface area (Å²) in [4.78, 5) is 30.6. The van der Waals surface area contributed by atoms with E-state index in [2.05, 4.69) is 0 Å². The Bertz CT molecular complexity index is 1180. The van der Waals surface area contributed by atoms with Gasteiger partial charge in [-0.2, -0.15) is 0 Å². The molecule has 0 N–H and O–H groups in total. The van der Waals surface area contributed by atoms with Crippen molar-refractivity contribution >= 4 is 12.0 Å². The quantitative estimate of drug-likeness (QED) is 0.469. The van der Waals surface area contributed by atoms with Crippen LogP contribution in [0.1, 0.15) is 27.6 Å². The van der Waals surface area contributed by atoms with Crippen LogP contribution < -0.4 is 0 Å². The normalized spacial score (nSPS) is 15.4. The summed E-state index contributed by atoms with van der Waals surface area (Å²) in [5.41, 5.74) is 4.35. The molecule has 1 fully saturated rings. The Labute approximate surface area is 205 Å². The Kier molecular flexibility index (Phi) is 7.46. The van der Waals surface area contributed by atoms with Crippen molar-refractivity contribution in [3.63, 3.8) is 0 Å². The van der Waals surface area contributed by atoms with E-state index in [-0.39, 0.29) is 17.8 Å². The van der Waals surface area contributed by atoms with E-state index in [4.69, 9.17) is 4.74 Å². The first-order valence-corrected chi connectivity index (χ1v) is 11.6. The number of rotatable bonds is 8. The van der Waals surface area contributed by atoms with Gasteiger partial charge in [0.05, 0.1) is 6.54 Å². The molecule has 1 unspecified atom stereocenters. The van der Waals surface area contributed by atoms with Crippen molar-refractivity contribution in [2.45, 2.75) is 12.6 Å². The first kappa shape index (κ1) is 24.4. The van der Waals surface area contributed by atoms with Crippen molar-refractivity contribution in [3.05, 3.63) is 95.3 Å². The number of likely N-dealkylation sites (N-methyl/N-ethyl adjacent to an activating group) is 2. The maximum Gasteiger partial charge on any atom is 0.410 e. The number of benzene rings is 3. The SMILES string of the molecule is CN(C)CCN(C)C(=O)c1cccc(-c2ccc(CN3CC(c4ccc(F)cc4)OC3=O)cc2)c1. The minimum Gasteiger partial charge on any atom is -0.439 e. The molecular weight excluding hydrogens is 445 g/mol. The summed E-state index contributed by atoms with van der Waals surface area (Å²) >= 11 is 0. The van der Waals surface area contributed by atoms with Gasteiger partial charge in [0, 0.05) is 32.2 Å². The van der Waals surface area contributed by atoms with Gasteiger partial charge in [-0.1, -0.05) is 48.5 Å². The Hall–Kier alpha value is -3.71. The Morgan fingerprint density at radius 1 is 0.971 bits per heavy atom. The minimum absolute atomic E-state index is 0.00595. The summed E-state index contributed by atoms with van der Waals surface area (Å²) in [5, 5.41) is 0. The standard InChI is InChI=1S/C28H30FN3O3/c1-30(2)15-16-31(3)27(33)24-6-4-5-23(17-24)21-9-7-20(8-10-21)18-32-19-26(35-28(32)34)22-11-13-25(29)14-12-22/h4-14,17,26H,15-16,18-19H2,1-3H3. The molecule has 0 radical (unpaired) electrons. The van der Waals surface area contributed by atoms with E-state index >= 15 is 0 Å². The van der Waals surface area contributed by atoms with E-state index in [1.807, 2.05) is 74.6 Å². The van der Waals surface area contributed by atoms with E-state index in [0.717, 1.165) is 28.8 Å². The molecular formula is C28H30FN3O3. The van der Waals surface area contributed by atoms with Gasteiger partial charge in [-0.25, -0.2) is 9.18 Å². The monoisotopic (exact) mass is 475 g/mol. The van der Waals surface area contributed by atoms with E-state index in [1.54, 1.807) is 21.9 Å². The summed E-state index contributed by atoms with van der Waals surface area (Å²) in [7, 11) is 5.79. The highest BCUT2D eigenvalue weighted by Crippen LogP contribution is 2.28. The summed E-state index contributed by atoms with van der Waals surface area (Å²) in [6.45, 7) is 2.30. The van der Waals surface area contributed by atoms with Crippen LogP contribution in [-0.2, 0) is 11.3 Å². The average molecular weight is 476 g/mol. The molecule has 1 saturated heterocycles. The number of halogens is 1. The van der Waals surface area contributed by atoms with Crippen LogP contribution in [0, 0.1) is 5.82 Å². The molecule has 1 atom stereocenters. The molecule has 2 amide bonds. The molecule has 0 saturated carbocycles. The Morgan fingerprint density at radius 3 is 2.37 bits per heavy atom. The smallest absolute Gasteiger partial charge is 0.410 e. The lowest BCUT2D eigenvalue weighted by Crippen LogP contribution is -2.33. The number of ether oxygens (including phenoxy) is 1. The van der Waals surface area contributed by atoms with Crippen LogP contribution in [0.3, 0.4) is 0 Å². The molecule has 35 heavy (non-hydrogen) atoms. The number of carbonyl (C=O) groups is 2. The molecule has 0 bridgehead atoms. The molecule has 6 nitrogen and oxygen atoms in total. The fourth-order valence-electron chi connectivity index (χ4n) is 4.01. The molecule has 1 aliphatic heterocycles. The van der Waals surface area contributed by atoms with Gasteiger partial charge in [0.2, 0.25) is 0 Å². The van der Waals surface area contributed by atoms with Crippen LogP contribution in [0.4, 0.5) is 9.18 Å². The zero-order chi connectivity index (χ0) is 24.9. The second kappa shape index (κ2) is 10.7. The second-order valence-electron chi connectivity index (χ2n) is 9.11. The summed E-state index contributed by atoms with van der Waals surface area (Å²) in [5.74, 6) is -0.324. The Balaban J connectivity index is 1.40. The molecule has 4 rings (SSSR count). The molecule has 0 spiro atoms. The van der Waals surface area contributed by atoms with Crippen LogP contribution in [0.2, 0.25) is 0 Å². The fraction of sp³-hybridized carbons (Fsp3) is 0.286. The lowest BCUT2D eigenvalue weighted by molar-refractivity contribution is 0.0786. The van der Waals surface area contributed by atoms with Crippen LogP contribution in [0.15, 0.2) is 72.8 Å². The van der Waals surface area contributed by atoms with Gasteiger partial charge in [0.25, 0.3) is 5.91 Å². The Morgan fingerprint density at radius 2 is 1.69 bits per heavy atom. The average Bonchev–Trinajstić information content (AvgIpc) is 3.22. The number of amides is 2. The maximum atomic E-state index is 13.2. The molecule has 3 aromatic rings. The molecule has 3 aromatic carbocycles. The number of nitrogens with zero attached hydrogens (tertiary/aromatic N) is 3. The second-order valence-corrected chi connectivity index (χ2v) is 9.11. The van der Waals surface area contributed by atoms with E-state index in [1.165, 1.54) is 12.1 Å². The van der Waals surface area contributed by atoms with Crippen molar-refractivity contribution in [1.82, 2.24) is 14.7 Å². The van der Waals surface area contributed by atoms with Gasteiger partial charge in [0.1, 0.15) is 11.9 Å². The van der Waals surface area contributed by atoms with Crippen molar-refractivity contribution in [1.29, 1.82) is 0 Å². The number of hydrogen-bond donors (Lipinski definition) is 0. The van der Waals surface area contributed by atoms with Gasteiger partial charge < -0.3 is 14.5 Å². The molecule has 7 heteroatoms. The van der Waals surface area contributed by atoms with Gasteiger partial charge in [-0.3, -0.25) is 9.69 Å². The van der Waals surface area contributed by atoms with Crippen molar-refractivity contribution in [2.75, 3.05) is 40.8 Å². The van der Waals surface area contributed by atoms with Crippen LogP contribution in [0.5, 0.6) is 0 Å².